The molecule has 3 atom stereocenters. The second kappa shape index (κ2) is 5.49. The number of amides is 1. The van der Waals surface area contributed by atoms with E-state index in [1.165, 1.54) is 10.5 Å². The fraction of sp³-hybridized carbons (Fsp3) is 0.533. The highest BCUT2D eigenvalue weighted by atomic mass is 79.9. The molecule has 3 unspecified atom stereocenters. The molecule has 0 N–H and O–H groups in total. The number of likely N-dealkylation sites (tertiary alicyclic amines) is 1. The lowest BCUT2D eigenvalue weighted by atomic mass is 10.0. The van der Waals surface area contributed by atoms with Crippen molar-refractivity contribution >= 4 is 33.6 Å². The van der Waals surface area contributed by atoms with Crippen molar-refractivity contribution in [3.63, 3.8) is 0 Å². The lowest BCUT2D eigenvalue weighted by molar-refractivity contribution is -0.131. The Morgan fingerprint density at radius 1 is 1.47 bits per heavy atom. The van der Waals surface area contributed by atoms with Crippen LogP contribution < -0.4 is 0 Å². The van der Waals surface area contributed by atoms with Crippen molar-refractivity contribution < 1.29 is 4.79 Å². The Morgan fingerprint density at radius 2 is 2.26 bits per heavy atom. The molecule has 0 aromatic heterocycles. The summed E-state index contributed by atoms with van der Waals surface area (Å²) >= 11 is 5.30. The Hall–Kier alpha value is -0.480. The number of hydrogen-bond donors (Lipinski definition) is 0. The van der Waals surface area contributed by atoms with Crippen LogP contribution in [0, 0.1) is 5.92 Å². The monoisotopic (exact) mass is 339 g/mol. The van der Waals surface area contributed by atoms with Crippen molar-refractivity contribution in [3.8, 4) is 0 Å². The second-order valence-electron chi connectivity index (χ2n) is 5.44. The maximum atomic E-state index is 12.7. The summed E-state index contributed by atoms with van der Waals surface area (Å²) in [6.07, 6.45) is 2.02. The molecule has 1 saturated heterocycles. The Kier molecular flexibility index (Phi) is 3.90. The molecule has 0 bridgehead atoms. The number of halogens is 1. The van der Waals surface area contributed by atoms with Crippen molar-refractivity contribution in [3.05, 3.63) is 29.8 Å². The predicted molar refractivity (Wildman–Crippen MR) is 82.9 cm³/mol. The number of hydrogen-bond acceptors (Lipinski definition) is 2. The van der Waals surface area contributed by atoms with Crippen LogP contribution in [0.3, 0.4) is 0 Å². The smallest absolute Gasteiger partial charge is 0.236 e. The van der Waals surface area contributed by atoms with Gasteiger partial charge in [-0.2, -0.15) is 0 Å². The van der Waals surface area contributed by atoms with E-state index in [2.05, 4.69) is 52.0 Å². The van der Waals surface area contributed by atoms with E-state index >= 15 is 0 Å². The maximum Gasteiger partial charge on any atom is 0.236 e. The van der Waals surface area contributed by atoms with Gasteiger partial charge in [-0.15, -0.1) is 11.8 Å². The van der Waals surface area contributed by atoms with Crippen LogP contribution >= 0.6 is 27.7 Å². The molecule has 4 heteroatoms. The molecule has 1 aromatic rings. The standard InChI is InChI=1S/C15H18BrNOS/c1-10-6-7-17(12(10)9-16)15(18)14-8-11-4-2-3-5-13(11)19-14/h2-5,10,12,14H,6-9H2,1H3. The van der Waals surface area contributed by atoms with Crippen LogP contribution in [0.1, 0.15) is 18.9 Å². The van der Waals surface area contributed by atoms with Gasteiger partial charge >= 0.3 is 0 Å². The minimum absolute atomic E-state index is 0.0873. The zero-order valence-electron chi connectivity index (χ0n) is 11.0. The molecule has 0 spiro atoms. The van der Waals surface area contributed by atoms with Crippen molar-refractivity contribution in [2.24, 2.45) is 5.92 Å². The van der Waals surface area contributed by atoms with Gasteiger partial charge in [-0.25, -0.2) is 0 Å². The summed E-state index contributed by atoms with van der Waals surface area (Å²) in [6.45, 7) is 3.17. The van der Waals surface area contributed by atoms with Crippen molar-refractivity contribution in [2.75, 3.05) is 11.9 Å². The second-order valence-corrected chi connectivity index (χ2v) is 7.33. The van der Waals surface area contributed by atoms with Gasteiger partial charge in [-0.3, -0.25) is 4.79 Å². The van der Waals surface area contributed by atoms with E-state index < -0.39 is 0 Å². The molecule has 0 radical (unpaired) electrons. The number of carbonyl (C=O) groups is 1. The summed E-state index contributed by atoms with van der Waals surface area (Å²) in [6, 6.07) is 8.76. The van der Waals surface area contributed by atoms with Crippen LogP contribution in [0.5, 0.6) is 0 Å². The highest BCUT2D eigenvalue weighted by Crippen LogP contribution is 2.39. The van der Waals surface area contributed by atoms with Crippen LogP contribution in [0.4, 0.5) is 0 Å². The molecule has 102 valence electrons. The molecule has 2 nitrogen and oxygen atoms in total. The maximum absolute atomic E-state index is 12.7. The average molecular weight is 340 g/mol. The number of thioether (sulfide) groups is 1. The summed E-state index contributed by atoms with van der Waals surface area (Å²) < 4.78 is 0. The van der Waals surface area contributed by atoms with Crippen molar-refractivity contribution in [2.45, 2.75) is 36.0 Å². The number of nitrogens with zero attached hydrogens (tertiary/aromatic N) is 1. The van der Waals surface area contributed by atoms with Crippen molar-refractivity contribution in [1.29, 1.82) is 0 Å². The number of fused-ring (bicyclic) bond motifs is 1. The van der Waals surface area contributed by atoms with Crippen molar-refractivity contribution in [1.82, 2.24) is 4.90 Å². The molecular formula is C15H18BrNOS. The lowest BCUT2D eigenvalue weighted by Crippen LogP contribution is -2.43. The SMILES string of the molecule is CC1CCN(C(=O)C2Cc3ccccc3S2)C1CBr. The molecule has 3 rings (SSSR count). The van der Waals surface area contributed by atoms with Gasteiger partial charge < -0.3 is 4.90 Å². The van der Waals surface area contributed by atoms with Gasteiger partial charge in [0.2, 0.25) is 5.91 Å². The fourth-order valence-corrected chi connectivity index (χ4v) is 5.28. The average Bonchev–Trinajstić information content (AvgIpc) is 3.00. The van der Waals surface area contributed by atoms with E-state index in [0.717, 1.165) is 24.7 Å². The molecule has 0 aliphatic carbocycles. The van der Waals surface area contributed by atoms with Gasteiger partial charge in [0.15, 0.2) is 0 Å². The fourth-order valence-electron chi connectivity index (χ4n) is 3.02. The number of benzene rings is 1. The normalized spacial score (nSPS) is 29.6. The van der Waals surface area contributed by atoms with E-state index in [1.807, 2.05) is 0 Å². The molecule has 1 fully saturated rings. The van der Waals surface area contributed by atoms with Crippen LogP contribution in [0.25, 0.3) is 0 Å². The van der Waals surface area contributed by atoms with Crippen LogP contribution in [0.2, 0.25) is 0 Å². The molecule has 0 saturated carbocycles. The zero-order chi connectivity index (χ0) is 13.4. The van der Waals surface area contributed by atoms with E-state index in [-0.39, 0.29) is 5.25 Å². The summed E-state index contributed by atoms with van der Waals surface area (Å²) in [5.74, 6) is 0.937. The Labute approximate surface area is 127 Å². The molecule has 19 heavy (non-hydrogen) atoms. The lowest BCUT2D eigenvalue weighted by Gasteiger charge is -2.27. The summed E-state index contributed by atoms with van der Waals surface area (Å²) in [7, 11) is 0. The summed E-state index contributed by atoms with van der Waals surface area (Å²) in [4.78, 5) is 16.1. The molecular weight excluding hydrogens is 322 g/mol. The number of alkyl halides is 1. The van der Waals surface area contributed by atoms with Crippen LogP contribution in [0.15, 0.2) is 29.2 Å². The van der Waals surface area contributed by atoms with Crippen LogP contribution in [-0.4, -0.2) is 34.0 Å². The minimum atomic E-state index is 0.0873. The predicted octanol–water partition coefficient (Wildman–Crippen LogP) is 3.34. The minimum Gasteiger partial charge on any atom is -0.338 e. The van der Waals surface area contributed by atoms with Gasteiger partial charge in [0, 0.05) is 22.8 Å². The molecule has 1 aromatic carbocycles. The molecule has 2 heterocycles. The first-order chi connectivity index (χ1) is 9.20. The quantitative estimate of drug-likeness (QED) is 0.770. The van der Waals surface area contributed by atoms with Gasteiger partial charge in [0.1, 0.15) is 0 Å². The van der Waals surface area contributed by atoms with E-state index in [0.29, 0.717) is 17.9 Å². The van der Waals surface area contributed by atoms with E-state index in [9.17, 15) is 4.79 Å². The third kappa shape index (κ3) is 2.45. The summed E-state index contributed by atoms with van der Waals surface area (Å²) in [5, 5.41) is 0.980. The third-order valence-corrected chi connectivity index (χ3v) is 6.21. The highest BCUT2D eigenvalue weighted by molar-refractivity contribution is 9.09. The van der Waals surface area contributed by atoms with Gasteiger partial charge in [-0.05, 0) is 30.4 Å². The number of rotatable bonds is 2. The van der Waals surface area contributed by atoms with E-state index in [1.54, 1.807) is 11.8 Å². The molecule has 2 aliphatic heterocycles. The van der Waals surface area contributed by atoms with E-state index in [4.69, 9.17) is 0 Å². The van der Waals surface area contributed by atoms with Gasteiger partial charge in [-0.1, -0.05) is 41.1 Å². The Morgan fingerprint density at radius 3 is 3.00 bits per heavy atom. The first kappa shape index (κ1) is 13.5. The first-order valence-electron chi connectivity index (χ1n) is 6.81. The highest BCUT2D eigenvalue weighted by Gasteiger charge is 2.38. The molecule has 1 amide bonds. The summed E-state index contributed by atoms with van der Waals surface area (Å²) in [5.41, 5.74) is 1.33. The van der Waals surface area contributed by atoms with Gasteiger partial charge in [0.05, 0.1) is 5.25 Å². The topological polar surface area (TPSA) is 20.3 Å². The first-order valence-corrected chi connectivity index (χ1v) is 8.82. The Bertz CT molecular complexity index is 468. The number of carbonyl (C=O) groups excluding carboxylic acids is 1. The largest absolute Gasteiger partial charge is 0.338 e. The Balaban J connectivity index is 1.73. The third-order valence-electron chi connectivity index (χ3n) is 4.25. The molecule has 2 aliphatic rings. The van der Waals surface area contributed by atoms with Crippen LogP contribution in [-0.2, 0) is 11.2 Å². The van der Waals surface area contributed by atoms with Gasteiger partial charge in [0.25, 0.3) is 0 Å². The zero-order valence-corrected chi connectivity index (χ0v) is 13.4.